The first-order valence-electron chi connectivity index (χ1n) is 12.8. The van der Waals surface area contributed by atoms with Crippen molar-refractivity contribution in [2.45, 2.75) is 13.5 Å². The van der Waals surface area contributed by atoms with Gasteiger partial charge in [0.1, 0.15) is 34.4 Å². The van der Waals surface area contributed by atoms with Gasteiger partial charge in [0.15, 0.2) is 5.76 Å². The van der Waals surface area contributed by atoms with Gasteiger partial charge in [-0.05, 0) is 25.1 Å². The van der Waals surface area contributed by atoms with Crippen LogP contribution in [0, 0.1) is 6.92 Å². The maximum Gasteiger partial charge on any atom is 0.253 e. The summed E-state index contributed by atoms with van der Waals surface area (Å²) in [5.41, 5.74) is 4.21. The zero-order valence-corrected chi connectivity index (χ0v) is 23.4. The van der Waals surface area contributed by atoms with Crippen LogP contribution in [0.3, 0.4) is 0 Å². The van der Waals surface area contributed by atoms with Gasteiger partial charge in [0.25, 0.3) is 11.7 Å². The topological polar surface area (TPSA) is 128 Å². The predicted octanol–water partition coefficient (Wildman–Crippen LogP) is 4.62. The average molecular weight is 571 g/mol. The van der Waals surface area contributed by atoms with Gasteiger partial charge in [-0.15, -0.1) is 11.3 Å². The lowest BCUT2D eigenvalue weighted by Crippen LogP contribution is -2.29. The highest BCUT2D eigenvalue weighted by atomic mass is 32.1. The molecule has 208 valence electrons. The summed E-state index contributed by atoms with van der Waals surface area (Å²) < 4.78 is 19.4. The highest BCUT2D eigenvalue weighted by molar-refractivity contribution is 7.13. The second-order valence-corrected chi connectivity index (χ2v) is 10.2. The third kappa shape index (κ3) is 5.34. The zero-order chi connectivity index (χ0) is 28.5. The van der Waals surface area contributed by atoms with Crippen LogP contribution >= 0.6 is 11.3 Å². The van der Waals surface area contributed by atoms with Crippen LogP contribution in [0.4, 0.5) is 0 Å². The van der Waals surface area contributed by atoms with Crippen molar-refractivity contribution in [1.82, 2.24) is 29.5 Å². The Morgan fingerprint density at radius 3 is 2.78 bits per heavy atom. The Labute approximate surface area is 238 Å². The lowest BCUT2D eigenvalue weighted by molar-refractivity contribution is 0.0767. The van der Waals surface area contributed by atoms with Crippen molar-refractivity contribution in [1.29, 1.82) is 0 Å². The lowest BCUT2D eigenvalue weighted by Gasteiger charge is -2.15. The minimum atomic E-state index is -0.143. The number of benzene rings is 2. The maximum atomic E-state index is 12.4. The van der Waals surface area contributed by atoms with Gasteiger partial charge in [-0.1, -0.05) is 12.1 Å². The van der Waals surface area contributed by atoms with E-state index in [1.807, 2.05) is 36.6 Å². The molecule has 0 radical (unpaired) electrons. The number of imidazole rings is 1. The lowest BCUT2D eigenvalue weighted by atomic mass is 10.1. The second-order valence-electron chi connectivity index (χ2n) is 9.38. The number of aliphatic hydroxyl groups is 1. The van der Waals surface area contributed by atoms with E-state index in [2.05, 4.69) is 15.1 Å². The van der Waals surface area contributed by atoms with Crippen molar-refractivity contribution in [3.63, 3.8) is 0 Å². The number of nitrogens with zero attached hydrogens (tertiary/aromatic N) is 6. The molecule has 11 nitrogen and oxygen atoms in total. The van der Waals surface area contributed by atoms with Crippen LogP contribution in [0.1, 0.15) is 21.7 Å². The molecule has 6 aromatic rings. The molecule has 1 N–H and O–H groups in total. The van der Waals surface area contributed by atoms with Crippen LogP contribution in [0.2, 0.25) is 0 Å². The number of likely N-dealkylation sites (N-methyl/N-ethyl adjacent to an activating group) is 1. The molecule has 2 aromatic carbocycles. The number of rotatable bonds is 9. The number of aryl methyl sites for hydroxylation is 1. The normalized spacial score (nSPS) is 11.3. The fourth-order valence-electron chi connectivity index (χ4n) is 4.32. The molecule has 4 heterocycles. The van der Waals surface area contributed by atoms with Gasteiger partial charge in [0.2, 0.25) is 0 Å². The number of furan rings is 1. The monoisotopic (exact) mass is 570 g/mol. The number of aliphatic hydroxyl groups excluding tert-OH is 1. The minimum Gasteiger partial charge on any atom is -0.496 e. The number of thiazole rings is 1. The molecule has 0 atom stereocenters. The smallest absolute Gasteiger partial charge is 0.253 e. The molecular formula is C29H26N6O5S. The van der Waals surface area contributed by atoms with Gasteiger partial charge in [-0.2, -0.15) is 5.10 Å². The fraction of sp³-hybridized carbons (Fsp3) is 0.207. The molecule has 0 aliphatic carbocycles. The van der Waals surface area contributed by atoms with E-state index in [0.717, 1.165) is 27.3 Å². The third-order valence-electron chi connectivity index (χ3n) is 6.45. The summed E-state index contributed by atoms with van der Waals surface area (Å²) in [4.78, 5) is 27.5. The molecule has 0 saturated carbocycles. The van der Waals surface area contributed by atoms with Crippen LogP contribution in [0.5, 0.6) is 11.5 Å². The predicted molar refractivity (Wildman–Crippen MR) is 153 cm³/mol. The van der Waals surface area contributed by atoms with Crippen molar-refractivity contribution >= 4 is 34.0 Å². The second kappa shape index (κ2) is 11.0. The number of fused-ring (bicyclic) bond motifs is 2. The standard InChI is InChI=1S/C29H26N6O5S/c1-17-13-30-29-32-23(14-35(29)33-17)26-12-22-24(10-21(38-3)11-25(22)40-26)39-15-20-16-41-27(31-20)18-4-6-19(7-5-18)28(37)34(2)8-9-36/h4-7,10-14,16,36H,8-9,15H2,1-3H3. The maximum absolute atomic E-state index is 12.4. The summed E-state index contributed by atoms with van der Waals surface area (Å²) in [6.07, 6.45) is 3.44. The van der Waals surface area contributed by atoms with Crippen molar-refractivity contribution in [3.8, 4) is 33.5 Å². The Hall–Kier alpha value is -4.81. The number of carbonyl (C=O) groups excluding carboxylic acids is 1. The van der Waals surface area contributed by atoms with E-state index in [1.54, 1.807) is 49.3 Å². The SMILES string of the molecule is COc1cc(OCc2csc(-c3ccc(C(=O)N(C)CCO)cc3)n2)c2cc(-c3cn4nc(C)cnc4n3)oc2c1. The summed E-state index contributed by atoms with van der Waals surface area (Å²) in [6.45, 7) is 2.31. The summed E-state index contributed by atoms with van der Waals surface area (Å²) in [5.74, 6) is 2.09. The van der Waals surface area contributed by atoms with E-state index >= 15 is 0 Å². The van der Waals surface area contributed by atoms with Gasteiger partial charge < -0.3 is 23.9 Å². The average Bonchev–Trinajstić information content (AvgIpc) is 3.73. The van der Waals surface area contributed by atoms with E-state index in [-0.39, 0.29) is 25.7 Å². The van der Waals surface area contributed by atoms with E-state index in [4.69, 9.17) is 24.0 Å². The molecule has 0 saturated heterocycles. The van der Waals surface area contributed by atoms with Gasteiger partial charge in [0.05, 0.1) is 42.9 Å². The molecule has 0 aliphatic rings. The molecule has 0 spiro atoms. The van der Waals surface area contributed by atoms with Crippen molar-refractivity contribution in [2.75, 3.05) is 27.3 Å². The molecule has 41 heavy (non-hydrogen) atoms. The number of ether oxygens (including phenoxy) is 2. The number of aromatic nitrogens is 5. The van der Waals surface area contributed by atoms with Gasteiger partial charge in [0, 0.05) is 42.2 Å². The van der Waals surface area contributed by atoms with E-state index < -0.39 is 0 Å². The molecule has 12 heteroatoms. The highest BCUT2D eigenvalue weighted by Crippen LogP contribution is 2.37. The molecule has 0 unspecified atom stereocenters. The van der Waals surface area contributed by atoms with Gasteiger partial charge >= 0.3 is 0 Å². The first kappa shape index (κ1) is 26.4. The molecule has 0 fully saturated rings. The van der Waals surface area contributed by atoms with Crippen LogP contribution in [0.15, 0.2) is 64.7 Å². The third-order valence-corrected chi connectivity index (χ3v) is 7.39. The van der Waals surface area contributed by atoms with Crippen molar-refractivity contribution in [3.05, 3.63) is 77.2 Å². The molecule has 0 bridgehead atoms. The Balaban J connectivity index is 1.21. The summed E-state index contributed by atoms with van der Waals surface area (Å²) in [6, 6.07) is 12.8. The van der Waals surface area contributed by atoms with E-state index in [1.165, 1.54) is 16.2 Å². The Bertz CT molecular complexity index is 1860. The molecule has 4 aromatic heterocycles. The largest absolute Gasteiger partial charge is 0.496 e. The summed E-state index contributed by atoms with van der Waals surface area (Å²) in [7, 11) is 3.25. The minimum absolute atomic E-state index is 0.0790. The van der Waals surface area contributed by atoms with Crippen LogP contribution in [0.25, 0.3) is 38.8 Å². The van der Waals surface area contributed by atoms with Gasteiger partial charge in [-0.3, -0.25) is 4.79 Å². The van der Waals surface area contributed by atoms with Crippen LogP contribution in [-0.2, 0) is 6.61 Å². The fourth-order valence-corrected chi connectivity index (χ4v) is 5.13. The number of methoxy groups -OCH3 is 1. The summed E-state index contributed by atoms with van der Waals surface area (Å²) >= 11 is 1.50. The van der Waals surface area contributed by atoms with E-state index in [9.17, 15) is 4.79 Å². The Morgan fingerprint density at radius 1 is 1.17 bits per heavy atom. The zero-order valence-electron chi connectivity index (χ0n) is 22.6. The number of carbonyl (C=O) groups is 1. The van der Waals surface area contributed by atoms with Crippen molar-refractivity contribution < 1.29 is 23.8 Å². The van der Waals surface area contributed by atoms with E-state index in [0.29, 0.717) is 39.9 Å². The molecule has 6 rings (SSSR count). The quantitative estimate of drug-likeness (QED) is 0.265. The number of amides is 1. The van der Waals surface area contributed by atoms with Gasteiger partial charge in [-0.25, -0.2) is 19.5 Å². The van der Waals surface area contributed by atoms with Crippen LogP contribution < -0.4 is 9.47 Å². The molecule has 1 amide bonds. The van der Waals surface area contributed by atoms with Crippen LogP contribution in [-0.4, -0.2) is 67.8 Å². The Kier molecular flexibility index (Phi) is 7.08. The molecular weight excluding hydrogens is 544 g/mol. The first-order valence-corrected chi connectivity index (χ1v) is 13.6. The first-order chi connectivity index (χ1) is 19.9. The molecule has 0 aliphatic heterocycles. The Morgan fingerprint density at radius 2 is 2.00 bits per heavy atom. The highest BCUT2D eigenvalue weighted by Gasteiger charge is 2.17. The van der Waals surface area contributed by atoms with Crippen molar-refractivity contribution in [2.24, 2.45) is 0 Å². The summed E-state index contributed by atoms with van der Waals surface area (Å²) in [5, 5.41) is 17.0. The number of hydrogen-bond donors (Lipinski definition) is 1. The number of hydrogen-bond acceptors (Lipinski definition) is 10.